The van der Waals surface area contributed by atoms with Crippen LogP contribution in [0.3, 0.4) is 0 Å². The molecule has 1 saturated heterocycles. The summed E-state index contributed by atoms with van der Waals surface area (Å²) >= 11 is 7.64. The standard InChI is InChI=1S/C25H25ClN4O4S/c1-14-13-29(10-11-30(14)24(32)34-25(2,3)4)19-9-8-15-12-16(23(31)33-21(15)27-19)22-28-20-17(26)6-5-7-18(20)35-22/h5-9,12,14H,10-11,13H2,1-4H3/t14-/m1/s1. The van der Waals surface area contributed by atoms with Crippen LogP contribution < -0.4 is 10.5 Å². The highest BCUT2D eigenvalue weighted by molar-refractivity contribution is 7.21. The number of ether oxygens (including phenoxy) is 1. The second-order valence-electron chi connectivity index (χ2n) is 9.59. The van der Waals surface area contributed by atoms with Gasteiger partial charge in [-0.25, -0.2) is 14.6 Å². The van der Waals surface area contributed by atoms with E-state index >= 15 is 0 Å². The minimum Gasteiger partial charge on any atom is -0.444 e. The van der Waals surface area contributed by atoms with E-state index in [0.29, 0.717) is 51.9 Å². The van der Waals surface area contributed by atoms with Gasteiger partial charge in [0, 0.05) is 31.1 Å². The maximum Gasteiger partial charge on any atom is 0.410 e. The summed E-state index contributed by atoms with van der Waals surface area (Å²) in [5.74, 6) is 0.691. The Morgan fingerprint density at radius 2 is 2.00 bits per heavy atom. The van der Waals surface area contributed by atoms with Crippen molar-refractivity contribution in [2.24, 2.45) is 0 Å². The molecule has 0 spiro atoms. The fourth-order valence-corrected chi connectivity index (χ4v) is 5.37. The van der Waals surface area contributed by atoms with Gasteiger partial charge in [0.25, 0.3) is 0 Å². The Balaban J connectivity index is 1.39. The second-order valence-corrected chi connectivity index (χ2v) is 11.0. The van der Waals surface area contributed by atoms with Crippen molar-refractivity contribution in [3.63, 3.8) is 0 Å². The molecular weight excluding hydrogens is 488 g/mol. The summed E-state index contributed by atoms with van der Waals surface area (Å²) in [4.78, 5) is 38.3. The molecule has 0 aliphatic carbocycles. The molecule has 5 rings (SSSR count). The number of carbonyl (C=O) groups excluding carboxylic acids is 1. The van der Waals surface area contributed by atoms with E-state index < -0.39 is 11.2 Å². The van der Waals surface area contributed by atoms with Gasteiger partial charge in [0.1, 0.15) is 21.9 Å². The van der Waals surface area contributed by atoms with E-state index in [0.717, 1.165) is 4.70 Å². The van der Waals surface area contributed by atoms with Crippen LogP contribution in [0.25, 0.3) is 31.9 Å². The van der Waals surface area contributed by atoms with Gasteiger partial charge in [0.15, 0.2) is 0 Å². The Morgan fingerprint density at radius 3 is 2.71 bits per heavy atom. The quantitative estimate of drug-likeness (QED) is 0.347. The van der Waals surface area contributed by atoms with Crippen LogP contribution >= 0.6 is 22.9 Å². The van der Waals surface area contributed by atoms with Crippen LogP contribution in [0.2, 0.25) is 5.02 Å². The number of piperazine rings is 1. The molecule has 4 aromatic rings. The molecule has 0 saturated carbocycles. The van der Waals surface area contributed by atoms with Crippen LogP contribution in [-0.2, 0) is 4.74 Å². The second kappa shape index (κ2) is 8.80. The predicted molar refractivity (Wildman–Crippen MR) is 139 cm³/mol. The lowest BCUT2D eigenvalue weighted by Gasteiger charge is -2.40. The third-order valence-electron chi connectivity index (χ3n) is 5.76. The smallest absolute Gasteiger partial charge is 0.410 e. The highest BCUT2D eigenvalue weighted by atomic mass is 35.5. The maximum absolute atomic E-state index is 12.8. The van der Waals surface area contributed by atoms with Crippen molar-refractivity contribution in [3.05, 3.63) is 51.8 Å². The topological polar surface area (TPSA) is 88.8 Å². The molecule has 1 amide bonds. The van der Waals surface area contributed by atoms with Gasteiger partial charge < -0.3 is 19.0 Å². The maximum atomic E-state index is 12.8. The van der Waals surface area contributed by atoms with Gasteiger partial charge in [-0.05, 0) is 58.0 Å². The van der Waals surface area contributed by atoms with Gasteiger partial charge in [-0.3, -0.25) is 0 Å². The zero-order chi connectivity index (χ0) is 24.9. The van der Waals surface area contributed by atoms with Crippen LogP contribution in [-0.4, -0.2) is 52.2 Å². The van der Waals surface area contributed by atoms with Crippen LogP contribution in [0, 0.1) is 0 Å². The Labute approximate surface area is 211 Å². The van der Waals surface area contributed by atoms with Crippen molar-refractivity contribution in [1.82, 2.24) is 14.9 Å². The van der Waals surface area contributed by atoms with Crippen molar-refractivity contribution in [1.29, 1.82) is 0 Å². The average Bonchev–Trinajstić information content (AvgIpc) is 3.22. The Kier molecular flexibility index (Phi) is 5.93. The van der Waals surface area contributed by atoms with E-state index in [1.165, 1.54) is 11.3 Å². The molecule has 0 radical (unpaired) electrons. The number of amides is 1. The minimum atomic E-state index is -0.540. The first kappa shape index (κ1) is 23.6. The zero-order valence-electron chi connectivity index (χ0n) is 19.9. The number of benzene rings is 1. The largest absolute Gasteiger partial charge is 0.444 e. The van der Waals surface area contributed by atoms with Gasteiger partial charge in [0.05, 0.1) is 15.3 Å². The lowest BCUT2D eigenvalue weighted by Crippen LogP contribution is -2.55. The number of thiazole rings is 1. The van der Waals surface area contributed by atoms with E-state index in [1.54, 1.807) is 17.0 Å². The molecule has 4 heterocycles. The molecule has 10 heteroatoms. The Morgan fingerprint density at radius 1 is 1.20 bits per heavy atom. The number of carbonyl (C=O) groups is 1. The number of hydrogen-bond acceptors (Lipinski definition) is 8. The molecule has 1 atom stereocenters. The summed E-state index contributed by atoms with van der Waals surface area (Å²) in [6.07, 6.45) is -0.314. The summed E-state index contributed by atoms with van der Waals surface area (Å²) in [6.45, 7) is 9.25. The fourth-order valence-electron chi connectivity index (χ4n) is 4.10. The van der Waals surface area contributed by atoms with Crippen LogP contribution in [0.4, 0.5) is 10.6 Å². The van der Waals surface area contributed by atoms with E-state index in [9.17, 15) is 9.59 Å². The van der Waals surface area contributed by atoms with Crippen LogP contribution in [0.5, 0.6) is 0 Å². The summed E-state index contributed by atoms with van der Waals surface area (Å²) in [6, 6.07) is 11.0. The number of aromatic nitrogens is 2. The van der Waals surface area contributed by atoms with E-state index in [4.69, 9.17) is 20.8 Å². The Hall–Kier alpha value is -3.17. The highest BCUT2D eigenvalue weighted by Gasteiger charge is 2.31. The van der Waals surface area contributed by atoms with Crippen molar-refractivity contribution in [3.8, 4) is 10.6 Å². The van der Waals surface area contributed by atoms with Crippen molar-refractivity contribution in [2.75, 3.05) is 24.5 Å². The molecular formula is C25H25ClN4O4S. The van der Waals surface area contributed by atoms with E-state index in [-0.39, 0.29) is 17.8 Å². The molecule has 0 N–H and O–H groups in total. The number of anilines is 1. The molecule has 1 aromatic carbocycles. The van der Waals surface area contributed by atoms with Crippen molar-refractivity contribution >= 4 is 56.2 Å². The molecule has 35 heavy (non-hydrogen) atoms. The van der Waals surface area contributed by atoms with E-state index in [2.05, 4.69) is 14.9 Å². The lowest BCUT2D eigenvalue weighted by molar-refractivity contribution is 0.0158. The molecule has 3 aromatic heterocycles. The number of para-hydroxylation sites is 1. The number of rotatable bonds is 2. The average molecular weight is 513 g/mol. The number of hydrogen-bond donors (Lipinski definition) is 0. The normalized spacial score (nSPS) is 16.8. The van der Waals surface area contributed by atoms with Gasteiger partial charge in [-0.1, -0.05) is 17.7 Å². The Bertz CT molecular complexity index is 1490. The molecule has 1 aliphatic rings. The van der Waals surface area contributed by atoms with Gasteiger partial charge in [-0.15, -0.1) is 11.3 Å². The predicted octanol–water partition coefficient (Wildman–Crippen LogP) is 5.56. The third-order valence-corrected chi connectivity index (χ3v) is 7.12. The third kappa shape index (κ3) is 4.70. The summed E-state index contributed by atoms with van der Waals surface area (Å²) in [7, 11) is 0. The van der Waals surface area contributed by atoms with Crippen molar-refractivity contribution in [2.45, 2.75) is 39.3 Å². The zero-order valence-corrected chi connectivity index (χ0v) is 21.4. The molecule has 1 fully saturated rings. The first-order chi connectivity index (χ1) is 16.6. The fraction of sp³-hybridized carbons (Fsp3) is 0.360. The van der Waals surface area contributed by atoms with Gasteiger partial charge in [0.2, 0.25) is 5.71 Å². The summed E-state index contributed by atoms with van der Waals surface area (Å²) in [5.41, 5.74) is 0.269. The highest BCUT2D eigenvalue weighted by Crippen LogP contribution is 2.33. The molecule has 1 aliphatic heterocycles. The van der Waals surface area contributed by atoms with Gasteiger partial charge in [-0.2, -0.15) is 4.98 Å². The first-order valence-electron chi connectivity index (χ1n) is 11.3. The number of halogens is 1. The first-order valence-corrected chi connectivity index (χ1v) is 12.5. The summed E-state index contributed by atoms with van der Waals surface area (Å²) in [5, 5.41) is 1.80. The molecule has 0 bridgehead atoms. The number of pyridine rings is 1. The minimum absolute atomic E-state index is 0.0589. The van der Waals surface area contributed by atoms with Crippen LogP contribution in [0.15, 0.2) is 45.6 Å². The molecule has 8 nitrogen and oxygen atoms in total. The number of fused-ring (bicyclic) bond motifs is 2. The van der Waals surface area contributed by atoms with Crippen molar-refractivity contribution < 1.29 is 13.9 Å². The van der Waals surface area contributed by atoms with Gasteiger partial charge >= 0.3 is 11.7 Å². The SMILES string of the molecule is C[C@@H]1CN(c2ccc3cc(-c4nc5c(Cl)cccc5s4)c(=O)oc3n2)CCN1C(=O)OC(C)(C)C. The summed E-state index contributed by atoms with van der Waals surface area (Å²) < 4.78 is 12.0. The lowest BCUT2D eigenvalue weighted by atomic mass is 10.2. The van der Waals surface area contributed by atoms with Crippen LogP contribution in [0.1, 0.15) is 27.7 Å². The van der Waals surface area contributed by atoms with E-state index in [1.807, 2.05) is 52.0 Å². The molecule has 0 unspecified atom stereocenters. The molecule has 182 valence electrons. The number of nitrogens with zero attached hydrogens (tertiary/aromatic N) is 4. The monoisotopic (exact) mass is 512 g/mol.